The molecule has 0 saturated heterocycles. The number of hydrogen-bond donors (Lipinski definition) is 1. The molecule has 1 N–H and O–H groups in total. The van der Waals surface area contributed by atoms with Gasteiger partial charge in [-0.15, -0.1) is 6.58 Å². The molecule has 0 aliphatic heterocycles. The highest BCUT2D eigenvalue weighted by molar-refractivity contribution is 5.43. The lowest BCUT2D eigenvalue weighted by Crippen LogP contribution is -1.69. The van der Waals surface area contributed by atoms with Crippen LogP contribution in [-0.2, 0) is 0 Å². The maximum absolute atomic E-state index is 3.80. The van der Waals surface area contributed by atoms with Gasteiger partial charge in [0.25, 0.3) is 0 Å². The van der Waals surface area contributed by atoms with Crippen LogP contribution in [-0.4, -0.2) is 10.2 Å². The summed E-state index contributed by atoms with van der Waals surface area (Å²) >= 11 is 0. The molecule has 10 heavy (non-hydrogen) atoms. The minimum absolute atomic E-state index is 0.902. The Bertz CT molecular complexity index is 209. The van der Waals surface area contributed by atoms with Gasteiger partial charge in [0.05, 0.1) is 5.69 Å². The van der Waals surface area contributed by atoms with Gasteiger partial charge in [-0.25, -0.2) is 0 Å². The summed E-state index contributed by atoms with van der Waals surface area (Å²) in [4.78, 5) is 0. The van der Waals surface area contributed by atoms with E-state index in [1.54, 1.807) is 6.20 Å². The highest BCUT2D eigenvalue weighted by Crippen LogP contribution is 1.95. The summed E-state index contributed by atoms with van der Waals surface area (Å²) in [6.07, 6.45) is 8.49. The Morgan fingerprint density at radius 2 is 2.60 bits per heavy atom. The molecule has 0 fully saturated rings. The number of allylic oxidation sites excluding steroid dienone is 2. The van der Waals surface area contributed by atoms with Gasteiger partial charge in [-0.1, -0.05) is 12.2 Å². The van der Waals surface area contributed by atoms with Gasteiger partial charge in [-0.05, 0) is 18.6 Å². The fraction of sp³-hybridized carbons (Fsp3) is 0.125. The van der Waals surface area contributed by atoms with E-state index in [-0.39, 0.29) is 0 Å². The van der Waals surface area contributed by atoms with Crippen LogP contribution in [0.5, 0.6) is 0 Å². The van der Waals surface area contributed by atoms with E-state index in [2.05, 4.69) is 16.8 Å². The van der Waals surface area contributed by atoms with Crippen molar-refractivity contribution in [3.63, 3.8) is 0 Å². The molecule has 0 unspecified atom stereocenters. The Labute approximate surface area is 60.3 Å². The zero-order valence-electron chi connectivity index (χ0n) is 5.75. The number of rotatable bonds is 3. The molecule has 1 heterocycles. The summed E-state index contributed by atoms with van der Waals surface area (Å²) < 4.78 is 0. The second kappa shape index (κ2) is 3.67. The molecular weight excluding hydrogens is 124 g/mol. The first-order valence-corrected chi connectivity index (χ1v) is 3.20. The normalized spacial score (nSPS) is 10.4. The smallest absolute Gasteiger partial charge is 0.0574 e. The van der Waals surface area contributed by atoms with Gasteiger partial charge in [-0.3, -0.25) is 5.10 Å². The van der Waals surface area contributed by atoms with Crippen LogP contribution < -0.4 is 0 Å². The third kappa shape index (κ3) is 1.90. The number of aromatic nitrogens is 2. The van der Waals surface area contributed by atoms with Gasteiger partial charge < -0.3 is 0 Å². The van der Waals surface area contributed by atoms with E-state index in [1.165, 1.54) is 0 Å². The Kier molecular flexibility index (Phi) is 2.49. The van der Waals surface area contributed by atoms with Crippen LogP contribution in [0.25, 0.3) is 6.08 Å². The first-order valence-electron chi connectivity index (χ1n) is 3.20. The van der Waals surface area contributed by atoms with Gasteiger partial charge in [0.2, 0.25) is 0 Å². The first kappa shape index (κ1) is 6.81. The summed E-state index contributed by atoms with van der Waals surface area (Å²) in [6.45, 7) is 3.60. The molecule has 1 rings (SSSR count). The molecular formula is C8H10N2. The summed E-state index contributed by atoms with van der Waals surface area (Å²) in [5, 5.41) is 6.62. The summed E-state index contributed by atoms with van der Waals surface area (Å²) in [5.74, 6) is 0. The SMILES string of the molecule is C=CC/C=C\c1ccn[nH]1. The largest absolute Gasteiger partial charge is 0.278 e. The van der Waals surface area contributed by atoms with E-state index in [4.69, 9.17) is 0 Å². The number of hydrogen-bond acceptors (Lipinski definition) is 1. The topological polar surface area (TPSA) is 28.7 Å². The van der Waals surface area contributed by atoms with Crippen molar-refractivity contribution in [3.05, 3.63) is 36.7 Å². The lowest BCUT2D eigenvalue weighted by molar-refractivity contribution is 1.08. The predicted molar refractivity (Wildman–Crippen MR) is 42.4 cm³/mol. The Morgan fingerprint density at radius 3 is 3.20 bits per heavy atom. The van der Waals surface area contributed by atoms with Crippen LogP contribution in [0.4, 0.5) is 0 Å². The monoisotopic (exact) mass is 134 g/mol. The maximum atomic E-state index is 3.80. The second-order valence-corrected chi connectivity index (χ2v) is 1.94. The van der Waals surface area contributed by atoms with Crippen molar-refractivity contribution in [1.29, 1.82) is 0 Å². The average molecular weight is 134 g/mol. The molecule has 2 nitrogen and oxygen atoms in total. The third-order valence-electron chi connectivity index (χ3n) is 1.12. The molecule has 2 heteroatoms. The summed E-state index contributed by atoms with van der Waals surface area (Å²) in [6, 6.07) is 1.92. The quantitative estimate of drug-likeness (QED) is 0.629. The molecule has 0 bridgehead atoms. The third-order valence-corrected chi connectivity index (χ3v) is 1.12. The molecule has 0 saturated carbocycles. The zero-order valence-corrected chi connectivity index (χ0v) is 5.75. The van der Waals surface area contributed by atoms with E-state index in [9.17, 15) is 0 Å². The van der Waals surface area contributed by atoms with Crippen molar-refractivity contribution in [1.82, 2.24) is 10.2 Å². The number of aromatic amines is 1. The van der Waals surface area contributed by atoms with Crippen LogP contribution in [0.2, 0.25) is 0 Å². The van der Waals surface area contributed by atoms with E-state index in [1.807, 2.05) is 24.3 Å². The molecule has 0 aromatic carbocycles. The van der Waals surface area contributed by atoms with Crippen LogP contribution >= 0.6 is 0 Å². The molecule has 0 aliphatic carbocycles. The average Bonchev–Trinajstić information content (AvgIpc) is 2.41. The maximum Gasteiger partial charge on any atom is 0.0574 e. The highest BCUT2D eigenvalue weighted by atomic mass is 15.1. The Morgan fingerprint density at radius 1 is 1.70 bits per heavy atom. The minimum Gasteiger partial charge on any atom is -0.278 e. The van der Waals surface area contributed by atoms with Crippen molar-refractivity contribution in [2.24, 2.45) is 0 Å². The Hall–Kier alpha value is -1.31. The van der Waals surface area contributed by atoms with Gasteiger partial charge in [0.15, 0.2) is 0 Å². The minimum atomic E-state index is 0.902. The van der Waals surface area contributed by atoms with Gasteiger partial charge in [-0.2, -0.15) is 5.10 Å². The van der Waals surface area contributed by atoms with Crippen LogP contribution in [0, 0.1) is 0 Å². The summed E-state index contributed by atoms with van der Waals surface area (Å²) in [5.41, 5.74) is 1.03. The lowest BCUT2D eigenvalue weighted by atomic mass is 10.3. The van der Waals surface area contributed by atoms with Crippen molar-refractivity contribution < 1.29 is 0 Å². The van der Waals surface area contributed by atoms with Crippen LogP contribution in [0.3, 0.4) is 0 Å². The number of nitrogens with one attached hydrogen (secondary N) is 1. The van der Waals surface area contributed by atoms with Crippen LogP contribution in [0.15, 0.2) is 31.0 Å². The number of H-pyrrole nitrogens is 1. The van der Waals surface area contributed by atoms with Crippen molar-refractivity contribution in [2.45, 2.75) is 6.42 Å². The van der Waals surface area contributed by atoms with Crippen molar-refractivity contribution in [2.75, 3.05) is 0 Å². The summed E-state index contributed by atoms with van der Waals surface area (Å²) in [7, 11) is 0. The number of nitrogens with zero attached hydrogens (tertiary/aromatic N) is 1. The van der Waals surface area contributed by atoms with E-state index >= 15 is 0 Å². The van der Waals surface area contributed by atoms with Gasteiger partial charge in [0, 0.05) is 6.20 Å². The van der Waals surface area contributed by atoms with Crippen molar-refractivity contribution >= 4 is 6.08 Å². The highest BCUT2D eigenvalue weighted by Gasteiger charge is 1.81. The molecule has 0 radical (unpaired) electrons. The second-order valence-electron chi connectivity index (χ2n) is 1.94. The van der Waals surface area contributed by atoms with E-state index < -0.39 is 0 Å². The molecule has 0 aliphatic rings. The van der Waals surface area contributed by atoms with E-state index in [0.29, 0.717) is 0 Å². The van der Waals surface area contributed by atoms with Crippen LogP contribution in [0.1, 0.15) is 12.1 Å². The zero-order chi connectivity index (χ0) is 7.23. The standard InChI is InChI=1S/C8H10N2/c1-2-3-4-5-8-6-7-9-10-8/h2,4-7H,1,3H2,(H,9,10)/b5-4-. The molecule has 0 spiro atoms. The fourth-order valence-corrected chi connectivity index (χ4v) is 0.651. The molecule has 0 atom stereocenters. The lowest BCUT2D eigenvalue weighted by Gasteiger charge is -1.80. The first-order chi connectivity index (χ1) is 4.93. The fourth-order valence-electron chi connectivity index (χ4n) is 0.651. The molecule has 52 valence electrons. The van der Waals surface area contributed by atoms with Gasteiger partial charge in [0.1, 0.15) is 0 Å². The molecule has 0 amide bonds. The molecule has 1 aromatic rings. The van der Waals surface area contributed by atoms with E-state index in [0.717, 1.165) is 12.1 Å². The molecule has 1 aromatic heterocycles. The van der Waals surface area contributed by atoms with Gasteiger partial charge >= 0.3 is 0 Å². The van der Waals surface area contributed by atoms with Crippen molar-refractivity contribution in [3.8, 4) is 0 Å². The Balaban J connectivity index is 2.47. The predicted octanol–water partition coefficient (Wildman–Crippen LogP) is 2.00.